The van der Waals surface area contributed by atoms with Crippen LogP contribution in [0, 0.1) is 0 Å². The van der Waals surface area contributed by atoms with Crippen molar-refractivity contribution in [3.63, 3.8) is 0 Å². The number of cyclic esters (lactones) is 1. The molecule has 0 unspecified atom stereocenters. The maximum atomic E-state index is 13.6. The van der Waals surface area contributed by atoms with Crippen LogP contribution in [0.15, 0.2) is 29.1 Å². The zero-order chi connectivity index (χ0) is 22.6. The molecule has 0 spiro atoms. The third-order valence-electron chi connectivity index (χ3n) is 6.66. The molecular weight excluding hydrogens is 407 g/mol. The van der Waals surface area contributed by atoms with Crippen molar-refractivity contribution in [1.82, 2.24) is 9.55 Å². The number of phenolic OH excluding ortho intramolecular Hbond substituents is 1. The Balaban J connectivity index is 1.79. The number of rotatable bonds is 5. The minimum absolute atomic E-state index is 0.0508. The second-order valence-corrected chi connectivity index (χ2v) is 8.39. The van der Waals surface area contributed by atoms with E-state index >= 15 is 0 Å². The van der Waals surface area contributed by atoms with Crippen molar-refractivity contribution < 1.29 is 19.3 Å². The van der Waals surface area contributed by atoms with Crippen LogP contribution in [0.25, 0.3) is 22.3 Å². The quantitative estimate of drug-likeness (QED) is 0.385. The molecule has 0 saturated heterocycles. The lowest BCUT2D eigenvalue weighted by Crippen LogP contribution is -2.47. The first kappa shape index (κ1) is 20.8. The number of esters is 1. The van der Waals surface area contributed by atoms with E-state index in [1.54, 1.807) is 22.8 Å². The van der Waals surface area contributed by atoms with E-state index in [9.17, 15) is 14.7 Å². The first-order valence-corrected chi connectivity index (χ1v) is 11.2. The molecule has 4 heterocycles. The number of aryl methyl sites for hydroxylation is 1. The van der Waals surface area contributed by atoms with Gasteiger partial charge in [0.1, 0.15) is 12.4 Å². The number of carbonyl (C=O) groups excluding carboxylic acids is 1. The Kier molecular flexibility index (Phi) is 4.85. The molecule has 2 aromatic heterocycles. The molecule has 1 aromatic carbocycles. The Morgan fingerprint density at radius 3 is 2.75 bits per heavy atom. The minimum atomic E-state index is -1.28. The van der Waals surface area contributed by atoms with Gasteiger partial charge >= 0.3 is 5.97 Å². The van der Waals surface area contributed by atoms with Crippen molar-refractivity contribution in [2.45, 2.75) is 58.7 Å². The molecule has 164 valence electrons. The van der Waals surface area contributed by atoms with Crippen LogP contribution in [0.2, 0.25) is 6.32 Å². The monoisotopic (exact) mass is 432 g/mol. The molecule has 0 radical (unpaired) electrons. The number of hydrogen-bond donors (Lipinski definition) is 1. The van der Waals surface area contributed by atoms with Crippen LogP contribution in [-0.4, -0.2) is 28.1 Å². The molecule has 1 N–H and O–H groups in total. The van der Waals surface area contributed by atoms with E-state index < -0.39 is 11.6 Å². The lowest BCUT2D eigenvalue weighted by atomic mass is 9.82. The first-order chi connectivity index (χ1) is 15.4. The number of aromatic nitrogens is 2. The lowest BCUT2D eigenvalue weighted by molar-refractivity contribution is -0.168. The maximum Gasteiger partial charge on any atom is 0.342 e. The highest BCUT2D eigenvalue weighted by Crippen LogP contribution is 2.42. The topological polar surface area (TPSA) is 90.7 Å². The predicted octanol–water partition coefficient (Wildman–Crippen LogP) is 3.16. The summed E-state index contributed by atoms with van der Waals surface area (Å²) in [5.74, 6) is -0.256. The maximum absolute atomic E-state index is 13.6. The lowest BCUT2D eigenvalue weighted by Gasteiger charge is -2.36. The van der Waals surface area contributed by atoms with Crippen molar-refractivity contribution in [3.05, 3.63) is 56.9 Å². The number of aromatic hydroxyl groups is 1. The van der Waals surface area contributed by atoms with E-state index in [-0.39, 0.29) is 17.9 Å². The number of hydrogen-bond acceptors (Lipinski definition) is 6. The van der Waals surface area contributed by atoms with Crippen LogP contribution in [0.3, 0.4) is 0 Å². The highest BCUT2D eigenvalue weighted by atomic mass is 16.6. The van der Waals surface area contributed by atoms with Gasteiger partial charge in [0.15, 0.2) is 5.60 Å². The van der Waals surface area contributed by atoms with E-state index in [1.165, 1.54) is 0 Å². The standard InChI is InChI=1S/C24H25BN2O5/c1-4-14-15-9-13(28)7-8-19(15)26-21-16(14)11-27-20(21)10-18-17(22(27)29)12-31-23(30)24(18,5-2)32-25-6-3/h7-10,25,28H,4-6,11-12H2,1-3H3/t24-/m0/s1. The van der Waals surface area contributed by atoms with Gasteiger partial charge in [0.05, 0.1) is 29.0 Å². The summed E-state index contributed by atoms with van der Waals surface area (Å²) >= 11 is 0. The van der Waals surface area contributed by atoms with Gasteiger partial charge in [0, 0.05) is 16.5 Å². The molecule has 8 heteroatoms. The van der Waals surface area contributed by atoms with E-state index in [0.29, 0.717) is 37.3 Å². The number of benzene rings is 1. The van der Waals surface area contributed by atoms with Gasteiger partial charge in [-0.05, 0) is 42.7 Å². The first-order valence-electron chi connectivity index (χ1n) is 11.2. The molecule has 2 aliphatic rings. The molecule has 7 nitrogen and oxygen atoms in total. The molecule has 0 saturated carbocycles. The summed E-state index contributed by atoms with van der Waals surface area (Å²) in [7, 11) is 0.393. The largest absolute Gasteiger partial charge is 0.508 e. The van der Waals surface area contributed by atoms with Gasteiger partial charge < -0.3 is 19.1 Å². The summed E-state index contributed by atoms with van der Waals surface area (Å²) in [6.45, 7) is 6.26. The van der Waals surface area contributed by atoms with Gasteiger partial charge in [-0.2, -0.15) is 0 Å². The Labute approximate surface area is 186 Å². The van der Waals surface area contributed by atoms with Crippen LogP contribution < -0.4 is 5.56 Å². The summed E-state index contributed by atoms with van der Waals surface area (Å²) in [5.41, 5.74) is 3.87. The minimum Gasteiger partial charge on any atom is -0.508 e. The summed E-state index contributed by atoms with van der Waals surface area (Å²) in [4.78, 5) is 31.3. The van der Waals surface area contributed by atoms with Crippen molar-refractivity contribution in [2.24, 2.45) is 0 Å². The van der Waals surface area contributed by atoms with E-state index in [4.69, 9.17) is 14.4 Å². The Morgan fingerprint density at radius 2 is 2.03 bits per heavy atom. The average molecular weight is 432 g/mol. The summed E-state index contributed by atoms with van der Waals surface area (Å²) in [6.07, 6.45) is 1.87. The van der Waals surface area contributed by atoms with E-state index in [0.717, 1.165) is 40.5 Å². The molecule has 2 aliphatic heterocycles. The normalized spacial score (nSPS) is 18.8. The number of ether oxygens (including phenoxy) is 1. The Bertz CT molecular complexity index is 1330. The Hall–Kier alpha value is -3.13. The molecule has 0 fully saturated rings. The van der Waals surface area contributed by atoms with Crippen LogP contribution in [0.4, 0.5) is 0 Å². The molecule has 0 aliphatic carbocycles. The summed E-state index contributed by atoms with van der Waals surface area (Å²) in [6, 6.07) is 7.04. The van der Waals surface area contributed by atoms with Gasteiger partial charge in [-0.25, -0.2) is 9.78 Å². The fourth-order valence-electron chi connectivity index (χ4n) is 5.06. The third-order valence-corrected chi connectivity index (χ3v) is 6.66. The fourth-order valence-corrected chi connectivity index (χ4v) is 5.06. The van der Waals surface area contributed by atoms with Crippen LogP contribution in [-0.2, 0) is 39.4 Å². The highest BCUT2D eigenvalue weighted by Gasteiger charge is 2.47. The summed E-state index contributed by atoms with van der Waals surface area (Å²) in [5, 5.41) is 10.9. The molecule has 32 heavy (non-hydrogen) atoms. The van der Waals surface area contributed by atoms with Gasteiger partial charge in [-0.15, -0.1) is 0 Å². The number of pyridine rings is 2. The van der Waals surface area contributed by atoms with Gasteiger partial charge in [-0.3, -0.25) is 4.79 Å². The third kappa shape index (κ3) is 2.75. The molecule has 0 amide bonds. The van der Waals surface area contributed by atoms with E-state index in [2.05, 4.69) is 6.92 Å². The second kappa shape index (κ2) is 7.48. The second-order valence-electron chi connectivity index (χ2n) is 8.39. The molecule has 5 rings (SSSR count). The van der Waals surface area contributed by atoms with Crippen LogP contribution in [0.5, 0.6) is 5.75 Å². The highest BCUT2D eigenvalue weighted by molar-refractivity contribution is 6.27. The SMILES string of the molecule is CCBO[C@]1(CC)C(=O)OCc2c1cc1n(c2=O)Cc2c-1nc1ccc(O)cc1c2CC. The van der Waals surface area contributed by atoms with Gasteiger partial charge in [0.2, 0.25) is 0 Å². The van der Waals surface area contributed by atoms with Gasteiger partial charge in [0.25, 0.3) is 13.0 Å². The number of carbonyl (C=O) groups is 1. The number of fused-ring (bicyclic) bond motifs is 5. The van der Waals surface area contributed by atoms with Crippen LogP contribution in [0.1, 0.15) is 49.4 Å². The zero-order valence-electron chi connectivity index (χ0n) is 18.5. The van der Waals surface area contributed by atoms with Crippen molar-refractivity contribution in [3.8, 4) is 17.1 Å². The van der Waals surface area contributed by atoms with Crippen molar-refractivity contribution in [2.75, 3.05) is 0 Å². The Morgan fingerprint density at radius 1 is 1.22 bits per heavy atom. The zero-order valence-corrected chi connectivity index (χ0v) is 18.5. The summed E-state index contributed by atoms with van der Waals surface area (Å²) < 4.78 is 13.2. The average Bonchev–Trinajstić information content (AvgIpc) is 3.16. The number of phenols is 1. The molecule has 1 atom stereocenters. The smallest absolute Gasteiger partial charge is 0.342 e. The van der Waals surface area contributed by atoms with Gasteiger partial charge in [-0.1, -0.05) is 27.1 Å². The molecule has 0 bridgehead atoms. The van der Waals surface area contributed by atoms with E-state index in [1.807, 2.05) is 19.9 Å². The molecular formula is C24H25BN2O5. The van der Waals surface area contributed by atoms with Crippen LogP contribution >= 0.6 is 0 Å². The number of nitrogens with zero attached hydrogens (tertiary/aromatic N) is 2. The van der Waals surface area contributed by atoms with Crippen molar-refractivity contribution >= 4 is 24.4 Å². The molecule has 3 aromatic rings. The fraction of sp³-hybridized carbons (Fsp3) is 0.375. The predicted molar refractivity (Wildman–Crippen MR) is 122 cm³/mol. The van der Waals surface area contributed by atoms with Crippen molar-refractivity contribution in [1.29, 1.82) is 0 Å².